The van der Waals surface area contributed by atoms with E-state index in [0.29, 0.717) is 36.0 Å². The second kappa shape index (κ2) is 9.19. The van der Waals surface area contributed by atoms with Gasteiger partial charge in [-0.05, 0) is 41.3 Å². The second-order valence-corrected chi connectivity index (χ2v) is 9.14. The third-order valence-corrected chi connectivity index (χ3v) is 5.63. The van der Waals surface area contributed by atoms with Crippen LogP contribution in [0.4, 0.5) is 10.1 Å². The van der Waals surface area contributed by atoms with E-state index in [0.717, 1.165) is 5.56 Å². The predicted octanol–water partition coefficient (Wildman–Crippen LogP) is 5.51. The predicted molar refractivity (Wildman–Crippen MR) is 131 cm³/mol. The molecular weight excluding hydrogens is 439 g/mol. The lowest BCUT2D eigenvalue weighted by Gasteiger charge is -2.19. The Hall–Kier alpha value is -3.45. The van der Waals surface area contributed by atoms with Crippen molar-refractivity contribution in [3.8, 4) is 11.5 Å². The van der Waals surface area contributed by atoms with Crippen LogP contribution in [0.2, 0.25) is 0 Å². The molecule has 0 atom stereocenters. The summed E-state index contributed by atoms with van der Waals surface area (Å²) in [6.07, 6.45) is 3.67. The van der Waals surface area contributed by atoms with Gasteiger partial charge >= 0.3 is 0 Å². The summed E-state index contributed by atoms with van der Waals surface area (Å²) >= 11 is 5.63. The van der Waals surface area contributed by atoms with Crippen LogP contribution in [0.1, 0.15) is 31.9 Å². The van der Waals surface area contributed by atoms with E-state index in [1.165, 1.54) is 6.07 Å². The van der Waals surface area contributed by atoms with Gasteiger partial charge in [-0.2, -0.15) is 4.57 Å². The van der Waals surface area contributed by atoms with Crippen LogP contribution in [0.3, 0.4) is 0 Å². The van der Waals surface area contributed by atoms with Crippen molar-refractivity contribution in [2.24, 2.45) is 0 Å². The standard InChI is InChI=1S/C26H25FN2O3S/c1-26(2,3)18-10-12-29(13-11-18)23(25(33)28-20-7-5-4-6-19(20)27)24(30)17-8-9-21-22(16-17)32-15-14-31-21/h4-13,16H,14-15H2,1-3H3,(H-,28,30,33)/p+1. The highest BCUT2D eigenvalue weighted by molar-refractivity contribution is 7.81. The van der Waals surface area contributed by atoms with Crippen LogP contribution in [0.25, 0.3) is 11.5 Å². The number of para-hydroxylation sites is 1. The Bertz CT molecular complexity index is 1220. The molecule has 1 aromatic heterocycles. The number of rotatable bonds is 4. The van der Waals surface area contributed by atoms with E-state index < -0.39 is 5.82 Å². The van der Waals surface area contributed by atoms with Crippen LogP contribution in [0.5, 0.6) is 11.5 Å². The van der Waals surface area contributed by atoms with Gasteiger partial charge in [0.15, 0.2) is 34.6 Å². The number of benzene rings is 2. The van der Waals surface area contributed by atoms with Crippen LogP contribution in [-0.2, 0) is 5.41 Å². The van der Waals surface area contributed by atoms with E-state index in [4.69, 9.17) is 21.7 Å². The number of pyridine rings is 1. The Morgan fingerprint density at radius 2 is 1.67 bits per heavy atom. The highest BCUT2D eigenvalue weighted by atomic mass is 32.1. The number of fused-ring (bicyclic) bond motifs is 1. The molecule has 2 N–H and O–H groups in total. The summed E-state index contributed by atoms with van der Waals surface area (Å²) in [5, 5.41) is 14.3. The van der Waals surface area contributed by atoms with E-state index in [1.807, 2.05) is 24.5 Å². The number of ether oxygens (including phenoxy) is 2. The number of thiocarbonyl (C=S) groups is 1. The summed E-state index contributed by atoms with van der Waals surface area (Å²) in [6, 6.07) is 15.4. The third kappa shape index (κ3) is 4.98. The number of aliphatic hydroxyl groups is 1. The molecule has 0 unspecified atom stereocenters. The lowest BCUT2D eigenvalue weighted by molar-refractivity contribution is -0.575. The maximum absolute atomic E-state index is 14.3. The Morgan fingerprint density at radius 3 is 2.33 bits per heavy atom. The molecule has 0 spiro atoms. The summed E-state index contributed by atoms with van der Waals surface area (Å²) in [5.41, 5.74) is 2.13. The average molecular weight is 466 g/mol. The highest BCUT2D eigenvalue weighted by Crippen LogP contribution is 2.33. The minimum Gasteiger partial charge on any atom is -0.502 e. The van der Waals surface area contributed by atoms with Crippen molar-refractivity contribution in [3.05, 3.63) is 83.9 Å². The zero-order valence-corrected chi connectivity index (χ0v) is 19.6. The summed E-state index contributed by atoms with van der Waals surface area (Å²) in [5.74, 6) is 0.653. The second-order valence-electron chi connectivity index (χ2n) is 8.73. The molecule has 0 saturated carbocycles. The van der Waals surface area contributed by atoms with E-state index in [2.05, 4.69) is 26.1 Å². The lowest BCUT2D eigenvalue weighted by Crippen LogP contribution is -2.39. The number of aromatic nitrogens is 1. The van der Waals surface area contributed by atoms with Crippen molar-refractivity contribution in [1.29, 1.82) is 0 Å². The smallest absolute Gasteiger partial charge is 0.288 e. The fourth-order valence-corrected chi connectivity index (χ4v) is 3.81. The van der Waals surface area contributed by atoms with Gasteiger partial charge in [0.25, 0.3) is 5.70 Å². The molecule has 0 saturated heterocycles. The van der Waals surface area contributed by atoms with Gasteiger partial charge < -0.3 is 19.9 Å². The van der Waals surface area contributed by atoms with E-state index in [9.17, 15) is 9.50 Å². The molecule has 0 fully saturated rings. The van der Waals surface area contributed by atoms with Crippen molar-refractivity contribution >= 4 is 34.3 Å². The minimum absolute atomic E-state index is 0.0350. The maximum atomic E-state index is 14.3. The Balaban J connectivity index is 1.79. The molecule has 1 aliphatic rings. The van der Waals surface area contributed by atoms with Gasteiger partial charge in [-0.15, -0.1) is 0 Å². The summed E-state index contributed by atoms with van der Waals surface area (Å²) < 4.78 is 27.2. The highest BCUT2D eigenvalue weighted by Gasteiger charge is 2.26. The van der Waals surface area contributed by atoms with Crippen molar-refractivity contribution in [3.63, 3.8) is 0 Å². The molecule has 0 amide bonds. The molecule has 5 nitrogen and oxygen atoms in total. The first-order valence-corrected chi connectivity index (χ1v) is 11.1. The molecule has 4 rings (SSSR count). The topological polar surface area (TPSA) is 54.6 Å². The van der Waals surface area contributed by atoms with Gasteiger partial charge in [0.1, 0.15) is 19.0 Å². The van der Waals surface area contributed by atoms with Crippen molar-refractivity contribution < 1.29 is 23.5 Å². The number of halogens is 1. The van der Waals surface area contributed by atoms with Crippen molar-refractivity contribution in [2.45, 2.75) is 26.2 Å². The summed E-state index contributed by atoms with van der Waals surface area (Å²) in [6.45, 7) is 7.29. The van der Waals surface area contributed by atoms with E-state index >= 15 is 0 Å². The molecule has 0 bridgehead atoms. The monoisotopic (exact) mass is 465 g/mol. The normalized spacial score (nSPS) is 13.8. The zero-order valence-electron chi connectivity index (χ0n) is 18.8. The number of nitrogens with one attached hydrogen (secondary N) is 1. The molecule has 2 heterocycles. The molecule has 170 valence electrons. The van der Waals surface area contributed by atoms with Gasteiger partial charge in [0.05, 0.1) is 5.69 Å². The number of anilines is 1. The summed E-state index contributed by atoms with van der Waals surface area (Å²) in [4.78, 5) is 0.168. The van der Waals surface area contributed by atoms with Crippen LogP contribution in [0.15, 0.2) is 67.0 Å². The first-order valence-electron chi connectivity index (χ1n) is 10.7. The van der Waals surface area contributed by atoms with E-state index in [-0.39, 0.29) is 21.9 Å². The number of nitrogens with zero attached hydrogens (tertiary/aromatic N) is 1. The number of aliphatic hydroxyl groups excluding tert-OH is 1. The molecule has 0 radical (unpaired) electrons. The van der Waals surface area contributed by atoms with Crippen molar-refractivity contribution in [2.75, 3.05) is 18.5 Å². The number of hydrogen-bond donors (Lipinski definition) is 2. The lowest BCUT2D eigenvalue weighted by atomic mass is 9.88. The van der Waals surface area contributed by atoms with Gasteiger partial charge in [0, 0.05) is 17.7 Å². The molecule has 7 heteroatoms. The average Bonchev–Trinajstić information content (AvgIpc) is 2.80. The largest absolute Gasteiger partial charge is 0.502 e. The third-order valence-electron chi connectivity index (χ3n) is 5.33. The maximum Gasteiger partial charge on any atom is 0.288 e. The van der Waals surface area contributed by atoms with Gasteiger partial charge in [-0.25, -0.2) is 4.39 Å². The van der Waals surface area contributed by atoms with E-state index in [1.54, 1.807) is 41.0 Å². The molecule has 33 heavy (non-hydrogen) atoms. The van der Waals surface area contributed by atoms with Crippen LogP contribution in [-0.4, -0.2) is 23.3 Å². The van der Waals surface area contributed by atoms with Gasteiger partial charge in [0.2, 0.25) is 0 Å². The molecule has 1 aliphatic heterocycles. The van der Waals surface area contributed by atoms with Gasteiger partial charge in [-0.3, -0.25) is 0 Å². The molecule has 0 aliphatic carbocycles. The zero-order chi connectivity index (χ0) is 23.6. The first-order chi connectivity index (χ1) is 15.7. The fourth-order valence-electron chi connectivity index (χ4n) is 3.49. The first kappa shape index (κ1) is 22.7. The Labute approximate surface area is 198 Å². The fraction of sp³-hybridized carbons (Fsp3) is 0.231. The Kier molecular flexibility index (Phi) is 6.33. The SMILES string of the molecule is CC(C)(C)c1cc[n+](C(C(=S)Nc2ccccc2F)=C(O)c2ccc3c(c2)OCCO3)cc1. The minimum atomic E-state index is -0.439. The van der Waals surface area contributed by atoms with Crippen LogP contribution < -0.4 is 19.4 Å². The number of hydrogen-bond acceptors (Lipinski definition) is 4. The van der Waals surface area contributed by atoms with Crippen LogP contribution in [0, 0.1) is 5.82 Å². The molecule has 2 aromatic carbocycles. The van der Waals surface area contributed by atoms with Gasteiger partial charge in [-0.1, -0.05) is 45.1 Å². The molecular formula is C26H26FN2O3S+. The Morgan fingerprint density at radius 1 is 1.00 bits per heavy atom. The molecule has 3 aromatic rings. The summed E-state index contributed by atoms with van der Waals surface area (Å²) in [7, 11) is 0. The van der Waals surface area contributed by atoms with Crippen molar-refractivity contribution in [1.82, 2.24) is 0 Å². The van der Waals surface area contributed by atoms with Crippen LogP contribution >= 0.6 is 12.2 Å². The quantitative estimate of drug-likeness (QED) is 0.230.